The maximum atomic E-state index is 12.0. The molecule has 82 valence electrons. The molecule has 0 bridgehead atoms. The van der Waals surface area contributed by atoms with Gasteiger partial charge in [-0.3, -0.25) is 9.89 Å². The number of rotatable bonds is 3. The van der Waals surface area contributed by atoms with Crippen LogP contribution in [0, 0.1) is 0 Å². The number of aromatic amines is 1. The van der Waals surface area contributed by atoms with Gasteiger partial charge in [-0.05, 0) is 19.9 Å². The first kappa shape index (κ1) is 10.1. The van der Waals surface area contributed by atoms with E-state index in [1.54, 1.807) is 0 Å². The number of likely N-dealkylation sites (N-methyl/N-ethyl adjacent to an activating group) is 1. The van der Waals surface area contributed by atoms with Crippen LogP contribution in [0.15, 0.2) is 6.33 Å². The van der Waals surface area contributed by atoms with Crippen LogP contribution in [0.3, 0.4) is 0 Å². The molecule has 1 fully saturated rings. The number of carbonyl (C=O) groups excluding carboxylic acids is 1. The topological polar surface area (TPSA) is 73.9 Å². The van der Waals surface area contributed by atoms with E-state index in [4.69, 9.17) is 0 Å². The van der Waals surface area contributed by atoms with Crippen LogP contribution in [-0.2, 0) is 0 Å². The molecule has 1 aliphatic rings. The minimum absolute atomic E-state index is 0.0660. The van der Waals surface area contributed by atoms with E-state index >= 15 is 0 Å². The molecular formula is C9H15N5O. The van der Waals surface area contributed by atoms with Gasteiger partial charge in [-0.15, -0.1) is 0 Å². The fourth-order valence-electron chi connectivity index (χ4n) is 1.92. The van der Waals surface area contributed by atoms with E-state index in [1.807, 2.05) is 11.8 Å². The van der Waals surface area contributed by atoms with E-state index < -0.39 is 0 Å². The molecule has 0 aliphatic carbocycles. The summed E-state index contributed by atoms with van der Waals surface area (Å²) >= 11 is 0. The van der Waals surface area contributed by atoms with E-state index in [0.29, 0.717) is 12.4 Å². The summed E-state index contributed by atoms with van der Waals surface area (Å²) in [6.07, 6.45) is 2.36. The van der Waals surface area contributed by atoms with Crippen molar-refractivity contribution < 1.29 is 4.79 Å². The lowest BCUT2D eigenvalue weighted by Gasteiger charge is -2.25. The Hall–Kier alpha value is -1.43. The Labute approximate surface area is 88.1 Å². The Balaban J connectivity index is 2.09. The van der Waals surface area contributed by atoms with Gasteiger partial charge in [0, 0.05) is 19.1 Å². The third-order valence-corrected chi connectivity index (χ3v) is 2.69. The van der Waals surface area contributed by atoms with Gasteiger partial charge in [0.2, 0.25) is 5.82 Å². The highest BCUT2D eigenvalue weighted by Gasteiger charge is 2.27. The predicted octanol–water partition coefficient (Wildman–Crippen LogP) is -0.371. The number of aromatic nitrogens is 3. The molecule has 1 aromatic heterocycles. The van der Waals surface area contributed by atoms with Gasteiger partial charge < -0.3 is 10.2 Å². The van der Waals surface area contributed by atoms with Crippen molar-refractivity contribution in [2.45, 2.75) is 19.4 Å². The van der Waals surface area contributed by atoms with Gasteiger partial charge in [0.05, 0.1) is 0 Å². The van der Waals surface area contributed by atoms with Crippen LogP contribution in [0.2, 0.25) is 0 Å². The third-order valence-electron chi connectivity index (χ3n) is 2.69. The first-order valence-electron chi connectivity index (χ1n) is 5.20. The number of nitrogens with zero attached hydrogens (tertiary/aromatic N) is 3. The summed E-state index contributed by atoms with van der Waals surface area (Å²) in [5, 5.41) is 9.54. The van der Waals surface area contributed by atoms with Gasteiger partial charge in [-0.1, -0.05) is 0 Å². The van der Waals surface area contributed by atoms with E-state index in [9.17, 15) is 4.79 Å². The van der Waals surface area contributed by atoms with Crippen LogP contribution in [0.5, 0.6) is 0 Å². The summed E-state index contributed by atoms with van der Waals surface area (Å²) < 4.78 is 0. The zero-order valence-electron chi connectivity index (χ0n) is 8.73. The Morgan fingerprint density at radius 3 is 3.13 bits per heavy atom. The summed E-state index contributed by atoms with van der Waals surface area (Å²) in [6.45, 7) is 4.52. The molecule has 1 aromatic rings. The number of nitrogens with one attached hydrogen (secondary N) is 2. The van der Waals surface area contributed by atoms with Crippen LogP contribution < -0.4 is 5.32 Å². The average Bonchev–Trinajstić information content (AvgIpc) is 2.91. The Morgan fingerprint density at radius 1 is 1.73 bits per heavy atom. The minimum atomic E-state index is -0.0660. The highest BCUT2D eigenvalue weighted by Crippen LogP contribution is 2.10. The van der Waals surface area contributed by atoms with Crippen LogP contribution in [0.25, 0.3) is 0 Å². The second-order valence-corrected chi connectivity index (χ2v) is 3.57. The van der Waals surface area contributed by atoms with Crippen LogP contribution in [-0.4, -0.2) is 51.7 Å². The molecule has 1 aliphatic heterocycles. The van der Waals surface area contributed by atoms with Crippen LogP contribution in [0.4, 0.5) is 0 Å². The summed E-state index contributed by atoms with van der Waals surface area (Å²) in [4.78, 5) is 17.7. The smallest absolute Gasteiger partial charge is 0.291 e. The fraction of sp³-hybridized carbons (Fsp3) is 0.667. The molecule has 1 saturated heterocycles. The minimum Gasteiger partial charge on any atom is -0.332 e. The molecule has 2 N–H and O–H groups in total. The molecule has 6 heteroatoms. The first-order chi connectivity index (χ1) is 7.33. The maximum Gasteiger partial charge on any atom is 0.291 e. The lowest BCUT2D eigenvalue weighted by atomic mass is 10.2. The van der Waals surface area contributed by atoms with Crippen molar-refractivity contribution >= 4 is 5.91 Å². The van der Waals surface area contributed by atoms with Gasteiger partial charge >= 0.3 is 0 Å². The summed E-state index contributed by atoms with van der Waals surface area (Å²) in [6, 6.07) is 0.285. The summed E-state index contributed by atoms with van der Waals surface area (Å²) in [7, 11) is 0. The van der Waals surface area contributed by atoms with Crippen molar-refractivity contribution in [1.82, 2.24) is 25.4 Å². The zero-order chi connectivity index (χ0) is 10.7. The van der Waals surface area contributed by atoms with Gasteiger partial charge in [0.1, 0.15) is 6.33 Å². The Bertz CT molecular complexity index is 317. The van der Waals surface area contributed by atoms with E-state index in [1.165, 1.54) is 6.33 Å². The monoisotopic (exact) mass is 209 g/mol. The molecule has 1 unspecified atom stereocenters. The number of hydrogen-bond acceptors (Lipinski definition) is 4. The second kappa shape index (κ2) is 4.39. The van der Waals surface area contributed by atoms with E-state index in [2.05, 4.69) is 20.5 Å². The lowest BCUT2D eigenvalue weighted by Crippen LogP contribution is -2.41. The highest BCUT2D eigenvalue weighted by atomic mass is 16.2. The van der Waals surface area contributed by atoms with E-state index in [-0.39, 0.29) is 11.9 Å². The predicted molar refractivity (Wildman–Crippen MR) is 54.4 cm³/mol. The summed E-state index contributed by atoms with van der Waals surface area (Å²) in [5.74, 6) is 0.257. The number of H-pyrrole nitrogens is 1. The third kappa shape index (κ3) is 1.99. The number of amides is 1. The van der Waals surface area contributed by atoms with Crippen molar-refractivity contribution in [3.8, 4) is 0 Å². The molecule has 2 rings (SSSR count). The van der Waals surface area contributed by atoms with Crippen molar-refractivity contribution in [3.63, 3.8) is 0 Å². The Kier molecular flexibility index (Phi) is 2.96. The van der Waals surface area contributed by atoms with Gasteiger partial charge in [0.15, 0.2) is 0 Å². The first-order valence-corrected chi connectivity index (χ1v) is 5.20. The molecule has 0 saturated carbocycles. The Morgan fingerprint density at radius 2 is 2.60 bits per heavy atom. The zero-order valence-corrected chi connectivity index (χ0v) is 8.73. The largest absolute Gasteiger partial charge is 0.332 e. The molecule has 6 nitrogen and oxygen atoms in total. The molecule has 0 spiro atoms. The molecule has 1 amide bonds. The second-order valence-electron chi connectivity index (χ2n) is 3.57. The van der Waals surface area contributed by atoms with Gasteiger partial charge in [-0.25, -0.2) is 4.98 Å². The SMILES string of the molecule is CCN(C(=O)c1ncn[nH]1)C1CCNC1. The molecular weight excluding hydrogens is 194 g/mol. The fourth-order valence-corrected chi connectivity index (χ4v) is 1.92. The molecule has 15 heavy (non-hydrogen) atoms. The van der Waals surface area contributed by atoms with Crippen molar-refractivity contribution in [2.24, 2.45) is 0 Å². The lowest BCUT2D eigenvalue weighted by molar-refractivity contribution is 0.0691. The van der Waals surface area contributed by atoms with Crippen LogP contribution >= 0.6 is 0 Å². The van der Waals surface area contributed by atoms with Crippen molar-refractivity contribution in [3.05, 3.63) is 12.2 Å². The van der Waals surface area contributed by atoms with Crippen molar-refractivity contribution in [2.75, 3.05) is 19.6 Å². The maximum absolute atomic E-state index is 12.0. The van der Waals surface area contributed by atoms with Crippen LogP contribution in [0.1, 0.15) is 24.0 Å². The highest BCUT2D eigenvalue weighted by molar-refractivity contribution is 5.90. The molecule has 1 atom stereocenters. The number of carbonyl (C=O) groups is 1. The number of hydrogen-bond donors (Lipinski definition) is 2. The molecule has 2 heterocycles. The summed E-state index contributed by atoms with van der Waals surface area (Å²) in [5.41, 5.74) is 0. The standard InChI is InChI=1S/C9H15N5O/c1-2-14(7-3-4-10-5-7)9(15)8-11-6-12-13-8/h6-7,10H,2-5H2,1H3,(H,11,12,13). The average molecular weight is 209 g/mol. The van der Waals surface area contributed by atoms with Gasteiger partial charge in [0.25, 0.3) is 5.91 Å². The normalized spacial score (nSPS) is 20.5. The van der Waals surface area contributed by atoms with E-state index in [0.717, 1.165) is 19.5 Å². The quantitative estimate of drug-likeness (QED) is 0.712. The van der Waals surface area contributed by atoms with Gasteiger partial charge in [-0.2, -0.15) is 5.10 Å². The molecule has 0 aromatic carbocycles. The molecule has 0 radical (unpaired) electrons. The van der Waals surface area contributed by atoms with Crippen molar-refractivity contribution in [1.29, 1.82) is 0 Å².